The molecule has 1 saturated heterocycles. The number of carbonyl (C=O) groups excluding carboxylic acids is 3. The van der Waals surface area contributed by atoms with E-state index in [-0.39, 0.29) is 39.4 Å². The van der Waals surface area contributed by atoms with Crippen molar-refractivity contribution in [1.82, 2.24) is 4.98 Å². The van der Waals surface area contributed by atoms with Crippen LogP contribution in [0, 0.1) is 6.92 Å². The van der Waals surface area contributed by atoms with E-state index in [0.717, 1.165) is 16.2 Å². The van der Waals surface area contributed by atoms with Crippen LogP contribution < -0.4 is 9.64 Å². The fourth-order valence-electron chi connectivity index (χ4n) is 3.83. The van der Waals surface area contributed by atoms with Crippen LogP contribution in [-0.4, -0.2) is 46.6 Å². The molecule has 0 aliphatic carbocycles. The van der Waals surface area contributed by atoms with Gasteiger partial charge in [-0.15, -0.1) is 0 Å². The Kier molecular flexibility index (Phi) is 6.57. The monoisotopic (exact) mass is 494 g/mol. The van der Waals surface area contributed by atoms with Crippen LogP contribution in [0.2, 0.25) is 0 Å². The highest BCUT2D eigenvalue weighted by Gasteiger charge is 2.48. The number of aryl methyl sites for hydroxylation is 1. The molecule has 1 atom stereocenters. The van der Waals surface area contributed by atoms with Crippen molar-refractivity contribution in [3.05, 3.63) is 75.8 Å². The van der Waals surface area contributed by atoms with E-state index in [2.05, 4.69) is 4.98 Å². The third kappa shape index (κ3) is 4.24. The Morgan fingerprint density at radius 1 is 1.17 bits per heavy atom. The third-order valence-electron chi connectivity index (χ3n) is 5.46. The number of phenolic OH excluding ortho intramolecular Hbond substituents is 1. The van der Waals surface area contributed by atoms with Crippen LogP contribution in [0.3, 0.4) is 0 Å². The normalized spacial score (nSPS) is 17.0. The minimum atomic E-state index is -1.09. The van der Waals surface area contributed by atoms with E-state index in [4.69, 9.17) is 9.47 Å². The van der Waals surface area contributed by atoms with Crippen molar-refractivity contribution < 1.29 is 34.1 Å². The van der Waals surface area contributed by atoms with E-state index in [1.165, 1.54) is 25.3 Å². The Bertz CT molecular complexity index is 1350. The average Bonchev–Trinajstić information content (AvgIpc) is 3.36. The number of phenols is 1. The lowest BCUT2D eigenvalue weighted by Crippen LogP contribution is -2.29. The molecule has 3 aromatic rings. The number of aromatic hydroxyl groups is 1. The molecular weight excluding hydrogens is 472 g/mol. The highest BCUT2D eigenvalue weighted by molar-refractivity contribution is 7.17. The summed E-state index contributed by atoms with van der Waals surface area (Å²) in [7, 11) is 1.37. The molecule has 9 nitrogen and oxygen atoms in total. The fraction of sp³-hybridized carbons (Fsp3) is 0.200. The van der Waals surface area contributed by atoms with Crippen LogP contribution >= 0.6 is 11.3 Å². The predicted octanol–water partition coefficient (Wildman–Crippen LogP) is 3.97. The van der Waals surface area contributed by atoms with Gasteiger partial charge in [-0.3, -0.25) is 14.5 Å². The molecule has 0 spiro atoms. The molecule has 4 rings (SSSR count). The SMILES string of the molecule is CCOC(=O)c1sc(N2C(=O)C(=O)C(=C(O)c3ccccc3)[C@H]2c2ccc(O)c(OC)c2)nc1C. The second kappa shape index (κ2) is 9.59. The summed E-state index contributed by atoms with van der Waals surface area (Å²) in [6.45, 7) is 3.45. The molecule has 2 N–H and O–H groups in total. The molecule has 1 aromatic heterocycles. The van der Waals surface area contributed by atoms with Crippen LogP contribution in [0.5, 0.6) is 11.5 Å². The second-order valence-electron chi connectivity index (χ2n) is 7.60. The maximum absolute atomic E-state index is 13.3. The first-order chi connectivity index (χ1) is 16.8. The summed E-state index contributed by atoms with van der Waals surface area (Å²) < 4.78 is 10.3. The van der Waals surface area contributed by atoms with Crippen LogP contribution in [0.15, 0.2) is 54.1 Å². The van der Waals surface area contributed by atoms with E-state index in [0.29, 0.717) is 16.8 Å². The van der Waals surface area contributed by atoms with Crippen LogP contribution in [0.4, 0.5) is 5.13 Å². The quantitative estimate of drug-likeness (QED) is 0.228. The molecule has 0 bridgehead atoms. The molecule has 10 heteroatoms. The Morgan fingerprint density at radius 3 is 2.54 bits per heavy atom. The maximum Gasteiger partial charge on any atom is 0.350 e. The zero-order chi connectivity index (χ0) is 25.3. The summed E-state index contributed by atoms with van der Waals surface area (Å²) in [6.07, 6.45) is 0. The molecular formula is C25H22N2O7S. The van der Waals surface area contributed by atoms with E-state index in [1.54, 1.807) is 44.2 Å². The Balaban J connectivity index is 1.94. The summed E-state index contributed by atoms with van der Waals surface area (Å²) >= 11 is 0.914. The molecule has 0 radical (unpaired) electrons. The first kappa shape index (κ1) is 24.0. The van der Waals surface area contributed by atoms with Gasteiger partial charge in [0.05, 0.1) is 31.0 Å². The van der Waals surface area contributed by atoms with Gasteiger partial charge >= 0.3 is 11.9 Å². The van der Waals surface area contributed by atoms with Crippen molar-refractivity contribution in [2.24, 2.45) is 0 Å². The molecule has 0 unspecified atom stereocenters. The van der Waals surface area contributed by atoms with Crippen molar-refractivity contribution >= 4 is 39.9 Å². The summed E-state index contributed by atoms with van der Waals surface area (Å²) in [4.78, 5) is 44.6. The summed E-state index contributed by atoms with van der Waals surface area (Å²) in [5.41, 5.74) is 0.931. The Hall–Kier alpha value is -4.18. The van der Waals surface area contributed by atoms with Gasteiger partial charge in [-0.05, 0) is 31.5 Å². The largest absolute Gasteiger partial charge is 0.507 e. The van der Waals surface area contributed by atoms with E-state index < -0.39 is 23.7 Å². The number of aliphatic hydroxyl groups is 1. The molecule has 1 fully saturated rings. The summed E-state index contributed by atoms with van der Waals surface area (Å²) in [5, 5.41) is 21.3. The van der Waals surface area contributed by atoms with Crippen LogP contribution in [0.25, 0.3) is 5.76 Å². The molecule has 2 heterocycles. The standard InChI is InChI=1S/C25H22N2O7S/c1-4-34-24(32)22-13(2)26-25(35-22)27-19(15-10-11-16(28)17(12-15)33-3)18(21(30)23(27)31)20(29)14-8-6-5-7-9-14/h5-12,19,28-29H,4H2,1-3H3/t19-/m1/s1. The highest BCUT2D eigenvalue weighted by Crippen LogP contribution is 2.45. The highest BCUT2D eigenvalue weighted by atomic mass is 32.1. The van der Waals surface area contributed by atoms with Crippen molar-refractivity contribution in [1.29, 1.82) is 0 Å². The number of hydrogen-bond donors (Lipinski definition) is 2. The van der Waals surface area contributed by atoms with Gasteiger partial charge in [0.15, 0.2) is 16.6 Å². The van der Waals surface area contributed by atoms with Gasteiger partial charge in [0.1, 0.15) is 10.6 Å². The van der Waals surface area contributed by atoms with E-state index >= 15 is 0 Å². The number of aliphatic hydroxyl groups excluding tert-OH is 1. The lowest BCUT2D eigenvalue weighted by Gasteiger charge is -2.23. The average molecular weight is 495 g/mol. The molecule has 1 aliphatic heterocycles. The maximum atomic E-state index is 13.3. The number of aromatic nitrogens is 1. The number of rotatable bonds is 6. The zero-order valence-electron chi connectivity index (χ0n) is 19.1. The number of nitrogens with zero attached hydrogens (tertiary/aromatic N) is 2. The fourth-order valence-corrected chi connectivity index (χ4v) is 4.82. The first-order valence-corrected chi connectivity index (χ1v) is 11.5. The van der Waals surface area contributed by atoms with Gasteiger partial charge in [-0.2, -0.15) is 0 Å². The zero-order valence-corrected chi connectivity index (χ0v) is 20.0. The van der Waals surface area contributed by atoms with Crippen molar-refractivity contribution in [2.75, 3.05) is 18.6 Å². The summed E-state index contributed by atoms with van der Waals surface area (Å²) in [5.74, 6) is -2.78. The molecule has 1 aliphatic rings. The van der Waals surface area contributed by atoms with Crippen LogP contribution in [0.1, 0.15) is 39.5 Å². The molecule has 180 valence electrons. The topological polar surface area (TPSA) is 126 Å². The van der Waals surface area contributed by atoms with E-state index in [9.17, 15) is 24.6 Å². The van der Waals surface area contributed by atoms with Crippen molar-refractivity contribution in [2.45, 2.75) is 19.9 Å². The molecule has 1 amide bonds. The lowest BCUT2D eigenvalue weighted by molar-refractivity contribution is -0.132. The number of anilines is 1. The number of benzene rings is 2. The Morgan fingerprint density at radius 2 is 1.89 bits per heavy atom. The number of thiazole rings is 1. The number of esters is 1. The smallest absolute Gasteiger partial charge is 0.350 e. The molecule has 2 aromatic carbocycles. The number of carbonyl (C=O) groups is 3. The number of hydrogen-bond acceptors (Lipinski definition) is 9. The van der Waals surface area contributed by atoms with Gasteiger partial charge in [-0.25, -0.2) is 9.78 Å². The van der Waals surface area contributed by atoms with Gasteiger partial charge in [0.2, 0.25) is 0 Å². The predicted molar refractivity (Wildman–Crippen MR) is 129 cm³/mol. The van der Waals surface area contributed by atoms with Gasteiger partial charge in [0.25, 0.3) is 5.78 Å². The van der Waals surface area contributed by atoms with Gasteiger partial charge in [0, 0.05) is 5.56 Å². The lowest BCUT2D eigenvalue weighted by atomic mass is 9.95. The van der Waals surface area contributed by atoms with E-state index in [1.807, 2.05) is 0 Å². The number of methoxy groups -OCH3 is 1. The minimum absolute atomic E-state index is 0.0943. The minimum Gasteiger partial charge on any atom is -0.507 e. The molecule has 0 saturated carbocycles. The number of amides is 1. The molecule has 35 heavy (non-hydrogen) atoms. The number of ketones is 1. The summed E-state index contributed by atoms with van der Waals surface area (Å²) in [6, 6.07) is 11.6. The first-order valence-electron chi connectivity index (χ1n) is 10.7. The van der Waals surface area contributed by atoms with Gasteiger partial charge < -0.3 is 19.7 Å². The van der Waals surface area contributed by atoms with Crippen molar-refractivity contribution in [3.63, 3.8) is 0 Å². The van der Waals surface area contributed by atoms with Crippen LogP contribution in [-0.2, 0) is 14.3 Å². The van der Waals surface area contributed by atoms with Crippen molar-refractivity contribution in [3.8, 4) is 11.5 Å². The third-order valence-corrected chi connectivity index (χ3v) is 6.60. The number of ether oxygens (including phenoxy) is 2. The Labute approximate surface area is 204 Å². The van der Waals surface area contributed by atoms with Gasteiger partial charge in [-0.1, -0.05) is 47.7 Å². The number of Topliss-reactive ketones (excluding diaryl/α,β-unsaturated/α-hetero) is 1. The second-order valence-corrected chi connectivity index (χ2v) is 8.58.